The number of aromatic nitrogens is 1. The predicted octanol–water partition coefficient (Wildman–Crippen LogP) is 2.33. The Hall–Kier alpha value is -2.58. The van der Waals surface area contributed by atoms with Crippen LogP contribution in [0.15, 0.2) is 47.4 Å². The lowest BCUT2D eigenvalue weighted by Gasteiger charge is -2.46. The van der Waals surface area contributed by atoms with E-state index < -0.39 is 5.72 Å². The molecular formula is C17H17N3O2. The molecule has 2 aromatic rings. The summed E-state index contributed by atoms with van der Waals surface area (Å²) in [5.74, 6) is 0.697. The van der Waals surface area contributed by atoms with E-state index in [0.29, 0.717) is 11.3 Å². The van der Waals surface area contributed by atoms with Crippen LogP contribution in [0.3, 0.4) is 0 Å². The van der Waals surface area contributed by atoms with E-state index in [9.17, 15) is 4.79 Å². The first-order valence-corrected chi connectivity index (χ1v) is 7.07. The molecule has 1 aliphatic heterocycles. The molecule has 0 spiro atoms. The Bertz CT molecular complexity index is 817. The smallest absolute Gasteiger partial charge is 0.252 e. The number of benzene rings is 1. The zero-order valence-corrected chi connectivity index (χ0v) is 12.8. The number of nitriles is 1. The molecule has 0 saturated heterocycles. The van der Waals surface area contributed by atoms with Crippen molar-refractivity contribution in [2.24, 2.45) is 0 Å². The van der Waals surface area contributed by atoms with E-state index in [1.165, 1.54) is 6.07 Å². The van der Waals surface area contributed by atoms with Crippen LogP contribution in [0.4, 0.5) is 0 Å². The topological polar surface area (TPSA) is 58.3 Å². The first kappa shape index (κ1) is 14.4. The highest BCUT2D eigenvalue weighted by atomic mass is 16.5. The van der Waals surface area contributed by atoms with Crippen molar-refractivity contribution in [3.63, 3.8) is 0 Å². The van der Waals surface area contributed by atoms with Crippen LogP contribution >= 0.6 is 0 Å². The number of nitrogens with zero attached hydrogens (tertiary/aromatic N) is 3. The molecular weight excluding hydrogens is 278 g/mol. The number of fused-ring (bicyclic) bond motifs is 1. The Balaban J connectivity index is 2.26. The Labute approximate surface area is 129 Å². The van der Waals surface area contributed by atoms with Crippen LogP contribution in [0.5, 0.6) is 5.75 Å². The predicted molar refractivity (Wildman–Crippen MR) is 82.5 cm³/mol. The molecule has 0 N–H and O–H groups in total. The number of rotatable bonds is 1. The van der Waals surface area contributed by atoms with Gasteiger partial charge in [-0.1, -0.05) is 6.07 Å². The van der Waals surface area contributed by atoms with Crippen molar-refractivity contribution in [3.8, 4) is 11.8 Å². The molecule has 1 atom stereocenters. The van der Waals surface area contributed by atoms with Crippen molar-refractivity contribution < 1.29 is 4.74 Å². The van der Waals surface area contributed by atoms with E-state index in [1.54, 1.807) is 35.0 Å². The summed E-state index contributed by atoms with van der Waals surface area (Å²) >= 11 is 0. The molecule has 0 fully saturated rings. The fraction of sp³-hybridized carbons (Fsp3) is 0.294. The molecule has 5 nitrogen and oxygen atoms in total. The maximum Gasteiger partial charge on any atom is 0.252 e. The minimum Gasteiger partial charge on any atom is -0.473 e. The van der Waals surface area contributed by atoms with E-state index in [4.69, 9.17) is 10.00 Å². The molecule has 1 unspecified atom stereocenters. The van der Waals surface area contributed by atoms with Gasteiger partial charge in [-0.2, -0.15) is 5.26 Å². The van der Waals surface area contributed by atoms with E-state index in [-0.39, 0.29) is 11.7 Å². The van der Waals surface area contributed by atoms with E-state index in [1.807, 2.05) is 31.9 Å². The highest BCUT2D eigenvalue weighted by Gasteiger charge is 2.40. The van der Waals surface area contributed by atoms with E-state index in [0.717, 1.165) is 5.56 Å². The third kappa shape index (κ3) is 2.18. The van der Waals surface area contributed by atoms with Gasteiger partial charge in [-0.3, -0.25) is 9.36 Å². The van der Waals surface area contributed by atoms with Crippen LogP contribution in [-0.2, 0) is 0 Å². The molecule has 5 heteroatoms. The molecule has 22 heavy (non-hydrogen) atoms. The van der Waals surface area contributed by atoms with Crippen LogP contribution in [-0.4, -0.2) is 22.2 Å². The van der Waals surface area contributed by atoms with Gasteiger partial charge in [0.2, 0.25) is 0 Å². The molecule has 1 aromatic heterocycles. The molecule has 2 heterocycles. The lowest BCUT2D eigenvalue weighted by molar-refractivity contribution is -0.0917. The zero-order valence-electron chi connectivity index (χ0n) is 12.8. The molecule has 0 bridgehead atoms. The lowest BCUT2D eigenvalue weighted by Crippen LogP contribution is -2.54. The van der Waals surface area contributed by atoms with E-state index in [2.05, 4.69) is 6.07 Å². The average molecular weight is 295 g/mol. The van der Waals surface area contributed by atoms with Gasteiger partial charge < -0.3 is 4.74 Å². The summed E-state index contributed by atoms with van der Waals surface area (Å²) in [6.45, 7) is 3.91. The van der Waals surface area contributed by atoms with Crippen molar-refractivity contribution in [2.75, 3.05) is 7.05 Å². The number of pyridine rings is 1. The Morgan fingerprint density at radius 1 is 1.27 bits per heavy atom. The minimum absolute atomic E-state index is 0.0923. The second kappa shape index (κ2) is 5.00. The fourth-order valence-electron chi connectivity index (χ4n) is 2.74. The summed E-state index contributed by atoms with van der Waals surface area (Å²) in [6.07, 6.45) is 1.44. The largest absolute Gasteiger partial charge is 0.473 e. The molecule has 1 aliphatic rings. The first-order chi connectivity index (χ1) is 10.4. The van der Waals surface area contributed by atoms with Gasteiger partial charge in [0.05, 0.1) is 11.6 Å². The van der Waals surface area contributed by atoms with Crippen LogP contribution < -0.4 is 10.3 Å². The summed E-state index contributed by atoms with van der Waals surface area (Å²) in [6, 6.07) is 12.5. The SMILES string of the molecule is CN1C(n2ccccc2=O)c2cc(C#N)ccc2OC1(C)C. The highest BCUT2D eigenvalue weighted by Crippen LogP contribution is 2.40. The Kier molecular flexibility index (Phi) is 3.27. The fourth-order valence-corrected chi connectivity index (χ4v) is 2.74. The van der Waals surface area contributed by atoms with Crippen molar-refractivity contribution in [1.82, 2.24) is 9.47 Å². The van der Waals surface area contributed by atoms with Gasteiger partial charge in [-0.05, 0) is 45.2 Å². The number of hydrogen-bond acceptors (Lipinski definition) is 4. The van der Waals surface area contributed by atoms with Crippen LogP contribution in [0.2, 0.25) is 0 Å². The quantitative estimate of drug-likeness (QED) is 0.810. The van der Waals surface area contributed by atoms with Gasteiger partial charge in [0.1, 0.15) is 11.9 Å². The summed E-state index contributed by atoms with van der Waals surface area (Å²) < 4.78 is 7.68. The van der Waals surface area contributed by atoms with Gasteiger partial charge in [-0.25, -0.2) is 4.90 Å². The molecule has 0 amide bonds. The van der Waals surface area contributed by atoms with Gasteiger partial charge in [0.25, 0.3) is 5.56 Å². The molecule has 0 aliphatic carbocycles. The standard InChI is InChI=1S/C17H17N3O2/c1-17(2)19(3)16(20-9-5-4-6-15(20)21)13-10-12(11-18)7-8-14(13)22-17/h4-10,16H,1-3H3. The average Bonchev–Trinajstić information content (AvgIpc) is 2.49. The first-order valence-electron chi connectivity index (χ1n) is 7.07. The zero-order chi connectivity index (χ0) is 15.9. The van der Waals surface area contributed by atoms with Crippen LogP contribution in [0.25, 0.3) is 0 Å². The summed E-state index contributed by atoms with van der Waals surface area (Å²) in [7, 11) is 1.91. The molecule has 0 radical (unpaired) electrons. The van der Waals surface area contributed by atoms with Crippen LogP contribution in [0.1, 0.15) is 31.1 Å². The molecule has 112 valence electrons. The van der Waals surface area contributed by atoms with E-state index >= 15 is 0 Å². The summed E-state index contributed by atoms with van der Waals surface area (Å²) in [5.41, 5.74) is 0.699. The second-order valence-corrected chi connectivity index (χ2v) is 5.84. The van der Waals surface area contributed by atoms with Gasteiger partial charge >= 0.3 is 0 Å². The van der Waals surface area contributed by atoms with Gasteiger partial charge in [0, 0.05) is 17.8 Å². The lowest BCUT2D eigenvalue weighted by atomic mass is 10.0. The molecule has 3 rings (SSSR count). The summed E-state index contributed by atoms with van der Waals surface area (Å²) in [5, 5.41) is 9.15. The maximum absolute atomic E-state index is 12.3. The second-order valence-electron chi connectivity index (χ2n) is 5.84. The third-order valence-corrected chi connectivity index (χ3v) is 4.11. The monoisotopic (exact) mass is 295 g/mol. The van der Waals surface area contributed by atoms with Crippen LogP contribution in [0, 0.1) is 11.3 Å². The third-order valence-electron chi connectivity index (χ3n) is 4.11. The van der Waals surface area contributed by atoms with Crippen molar-refractivity contribution >= 4 is 0 Å². The Morgan fingerprint density at radius 3 is 2.73 bits per heavy atom. The summed E-state index contributed by atoms with van der Waals surface area (Å²) in [4.78, 5) is 14.3. The molecule has 0 saturated carbocycles. The highest BCUT2D eigenvalue weighted by molar-refractivity contribution is 5.45. The normalized spacial score (nSPS) is 19.8. The maximum atomic E-state index is 12.3. The number of hydrogen-bond donors (Lipinski definition) is 0. The van der Waals surface area contributed by atoms with Crippen molar-refractivity contribution in [3.05, 3.63) is 64.1 Å². The number of ether oxygens (including phenoxy) is 1. The van der Waals surface area contributed by atoms with Gasteiger partial charge in [0.15, 0.2) is 5.72 Å². The van der Waals surface area contributed by atoms with Crippen molar-refractivity contribution in [2.45, 2.75) is 25.7 Å². The minimum atomic E-state index is -0.568. The van der Waals surface area contributed by atoms with Crippen molar-refractivity contribution in [1.29, 1.82) is 5.26 Å². The van der Waals surface area contributed by atoms with Gasteiger partial charge in [-0.15, -0.1) is 0 Å². The Morgan fingerprint density at radius 2 is 2.05 bits per heavy atom. The molecule has 1 aromatic carbocycles.